The highest BCUT2D eigenvalue weighted by Crippen LogP contribution is 2.31. The Bertz CT molecular complexity index is 765. The van der Waals surface area contributed by atoms with Crippen molar-refractivity contribution < 1.29 is 32.2 Å². The van der Waals surface area contributed by atoms with Crippen molar-refractivity contribution in [2.45, 2.75) is 13.1 Å². The molecular formula is C20H22F3NO4. The lowest BCUT2D eigenvalue weighted by molar-refractivity contribution is -0.137. The standard InChI is InChI=1S/C20H22F3NO4/c1-2-26-10-11-27-12-13-28-19(25)17-8-3-4-9-18(17)24-16-7-5-6-15(14-16)20(21,22)23/h3-9,14,24H,2,10-13H2,1H3. The van der Waals surface area contributed by atoms with Gasteiger partial charge in [0.15, 0.2) is 0 Å². The minimum absolute atomic E-state index is 0.0584. The first-order valence-electron chi connectivity index (χ1n) is 8.77. The second-order valence-electron chi connectivity index (χ2n) is 5.69. The Kier molecular flexibility index (Phi) is 8.28. The number of hydrogen-bond acceptors (Lipinski definition) is 5. The number of nitrogens with one attached hydrogen (secondary N) is 1. The number of ether oxygens (including phenoxy) is 3. The molecule has 0 radical (unpaired) electrons. The highest BCUT2D eigenvalue weighted by molar-refractivity contribution is 5.96. The van der Waals surface area contributed by atoms with Gasteiger partial charge in [-0.2, -0.15) is 13.2 Å². The van der Waals surface area contributed by atoms with Gasteiger partial charge < -0.3 is 19.5 Å². The predicted octanol–water partition coefficient (Wildman–Crippen LogP) is 4.66. The Morgan fingerprint density at radius 2 is 1.68 bits per heavy atom. The second-order valence-corrected chi connectivity index (χ2v) is 5.69. The second kappa shape index (κ2) is 10.7. The lowest BCUT2D eigenvalue weighted by atomic mass is 10.1. The van der Waals surface area contributed by atoms with Gasteiger partial charge in [0.25, 0.3) is 0 Å². The van der Waals surface area contributed by atoms with Gasteiger partial charge in [0.2, 0.25) is 0 Å². The molecular weight excluding hydrogens is 375 g/mol. The summed E-state index contributed by atoms with van der Waals surface area (Å²) in [4.78, 5) is 12.3. The molecule has 0 aromatic heterocycles. The molecule has 2 aromatic rings. The fourth-order valence-corrected chi connectivity index (χ4v) is 2.33. The number of carbonyl (C=O) groups excluding carboxylic acids is 1. The lowest BCUT2D eigenvalue weighted by Crippen LogP contribution is -2.14. The third kappa shape index (κ3) is 6.86. The first kappa shape index (κ1) is 21.7. The maximum Gasteiger partial charge on any atom is 0.416 e. The van der Waals surface area contributed by atoms with E-state index in [1.54, 1.807) is 18.2 Å². The molecule has 0 amide bonds. The zero-order valence-corrected chi connectivity index (χ0v) is 15.4. The number of carbonyl (C=O) groups is 1. The molecule has 5 nitrogen and oxygen atoms in total. The Labute approximate surface area is 161 Å². The van der Waals surface area contributed by atoms with E-state index in [4.69, 9.17) is 14.2 Å². The molecule has 1 N–H and O–H groups in total. The van der Waals surface area contributed by atoms with Crippen LogP contribution in [0.1, 0.15) is 22.8 Å². The van der Waals surface area contributed by atoms with E-state index < -0.39 is 17.7 Å². The van der Waals surface area contributed by atoms with E-state index in [-0.39, 0.29) is 24.5 Å². The van der Waals surface area contributed by atoms with E-state index in [1.165, 1.54) is 18.2 Å². The summed E-state index contributed by atoms with van der Waals surface area (Å²) in [5.41, 5.74) is 0.00871. The largest absolute Gasteiger partial charge is 0.460 e. The van der Waals surface area contributed by atoms with Crippen molar-refractivity contribution >= 4 is 17.3 Å². The molecule has 0 saturated heterocycles. The van der Waals surface area contributed by atoms with Crippen LogP contribution in [0.4, 0.5) is 24.5 Å². The molecule has 0 fully saturated rings. The Morgan fingerprint density at radius 1 is 0.964 bits per heavy atom. The van der Waals surface area contributed by atoms with Gasteiger partial charge in [0.1, 0.15) is 6.61 Å². The van der Waals surface area contributed by atoms with Crippen molar-refractivity contribution in [2.24, 2.45) is 0 Å². The van der Waals surface area contributed by atoms with E-state index in [9.17, 15) is 18.0 Å². The zero-order valence-electron chi connectivity index (χ0n) is 15.4. The Balaban J connectivity index is 1.96. The fraction of sp³-hybridized carbons (Fsp3) is 0.350. The number of benzene rings is 2. The van der Waals surface area contributed by atoms with Crippen LogP contribution in [0, 0.1) is 0 Å². The molecule has 0 heterocycles. The van der Waals surface area contributed by atoms with E-state index in [2.05, 4.69) is 5.32 Å². The van der Waals surface area contributed by atoms with Gasteiger partial charge in [-0.15, -0.1) is 0 Å². The van der Waals surface area contributed by atoms with E-state index in [0.717, 1.165) is 12.1 Å². The highest BCUT2D eigenvalue weighted by atomic mass is 19.4. The summed E-state index contributed by atoms with van der Waals surface area (Å²) in [5.74, 6) is -0.594. The number of para-hydroxylation sites is 1. The quantitative estimate of drug-likeness (QED) is 0.467. The zero-order chi connectivity index (χ0) is 20.4. The molecule has 28 heavy (non-hydrogen) atoms. The van der Waals surface area contributed by atoms with Crippen LogP contribution in [0.5, 0.6) is 0 Å². The van der Waals surface area contributed by atoms with Crippen molar-refractivity contribution in [2.75, 3.05) is 38.4 Å². The fourth-order valence-electron chi connectivity index (χ4n) is 2.33. The summed E-state index contributed by atoms with van der Waals surface area (Å²) in [5, 5.41) is 2.84. The summed E-state index contributed by atoms with van der Waals surface area (Å²) in [6.45, 7) is 3.64. The van der Waals surface area contributed by atoms with Crippen molar-refractivity contribution in [3.8, 4) is 0 Å². The molecule has 152 valence electrons. The predicted molar refractivity (Wildman–Crippen MR) is 98.8 cm³/mol. The van der Waals surface area contributed by atoms with Crippen LogP contribution in [0.25, 0.3) is 0 Å². The molecule has 0 bridgehead atoms. The number of anilines is 2. The van der Waals surface area contributed by atoms with Gasteiger partial charge in [0, 0.05) is 12.3 Å². The maximum absolute atomic E-state index is 12.9. The van der Waals surface area contributed by atoms with Crippen molar-refractivity contribution in [1.29, 1.82) is 0 Å². The average molecular weight is 397 g/mol. The summed E-state index contributed by atoms with van der Waals surface area (Å²) in [6, 6.07) is 11.2. The van der Waals surface area contributed by atoms with Gasteiger partial charge in [-0.3, -0.25) is 0 Å². The van der Waals surface area contributed by atoms with E-state index >= 15 is 0 Å². The third-order valence-electron chi connectivity index (χ3n) is 3.65. The SMILES string of the molecule is CCOCCOCCOC(=O)c1ccccc1Nc1cccc(C(F)(F)F)c1. The smallest absolute Gasteiger partial charge is 0.416 e. The number of halogens is 3. The van der Waals surface area contributed by atoms with Crippen LogP contribution in [0.15, 0.2) is 48.5 Å². The number of alkyl halides is 3. The molecule has 0 aliphatic carbocycles. The van der Waals surface area contributed by atoms with Crippen LogP contribution in [-0.2, 0) is 20.4 Å². The van der Waals surface area contributed by atoms with Crippen LogP contribution in [0.3, 0.4) is 0 Å². The molecule has 0 unspecified atom stereocenters. The lowest BCUT2D eigenvalue weighted by Gasteiger charge is -2.13. The summed E-state index contributed by atoms with van der Waals surface area (Å²) in [6.07, 6.45) is -4.45. The molecule has 0 aliphatic heterocycles. The minimum Gasteiger partial charge on any atom is -0.460 e. The van der Waals surface area contributed by atoms with E-state index in [1.807, 2.05) is 6.92 Å². The number of esters is 1. The van der Waals surface area contributed by atoms with E-state index in [0.29, 0.717) is 25.5 Å². The molecule has 2 rings (SSSR count). The van der Waals surface area contributed by atoms with Gasteiger partial charge in [-0.25, -0.2) is 4.79 Å². The Hall–Kier alpha value is -2.58. The average Bonchev–Trinajstić information content (AvgIpc) is 2.67. The molecule has 0 aliphatic rings. The third-order valence-corrected chi connectivity index (χ3v) is 3.65. The summed E-state index contributed by atoms with van der Waals surface area (Å²) in [7, 11) is 0. The van der Waals surface area contributed by atoms with Gasteiger partial charge >= 0.3 is 12.1 Å². The maximum atomic E-state index is 12.9. The Morgan fingerprint density at radius 3 is 2.43 bits per heavy atom. The van der Waals surface area contributed by atoms with Crippen molar-refractivity contribution in [3.63, 3.8) is 0 Å². The number of hydrogen-bond donors (Lipinski definition) is 1. The van der Waals surface area contributed by atoms with Crippen LogP contribution >= 0.6 is 0 Å². The van der Waals surface area contributed by atoms with Gasteiger partial charge in [0.05, 0.1) is 36.6 Å². The molecule has 0 atom stereocenters. The van der Waals surface area contributed by atoms with Crippen molar-refractivity contribution in [3.05, 3.63) is 59.7 Å². The van der Waals surface area contributed by atoms with Crippen molar-refractivity contribution in [1.82, 2.24) is 0 Å². The first-order chi connectivity index (χ1) is 13.4. The minimum atomic E-state index is -4.45. The molecule has 0 saturated carbocycles. The molecule has 0 spiro atoms. The summed E-state index contributed by atoms with van der Waals surface area (Å²) >= 11 is 0. The molecule has 2 aromatic carbocycles. The van der Waals surface area contributed by atoms with Crippen LogP contribution in [0.2, 0.25) is 0 Å². The molecule has 8 heteroatoms. The number of rotatable bonds is 10. The monoisotopic (exact) mass is 397 g/mol. The van der Waals surface area contributed by atoms with Crippen LogP contribution in [-0.4, -0.2) is 39.0 Å². The summed E-state index contributed by atoms with van der Waals surface area (Å²) < 4.78 is 54.1. The topological polar surface area (TPSA) is 56.8 Å². The first-order valence-corrected chi connectivity index (χ1v) is 8.77. The van der Waals surface area contributed by atoms with Crippen LogP contribution < -0.4 is 5.32 Å². The highest BCUT2D eigenvalue weighted by Gasteiger charge is 2.30. The normalized spacial score (nSPS) is 11.3. The van der Waals surface area contributed by atoms with Gasteiger partial charge in [-0.1, -0.05) is 18.2 Å². The van der Waals surface area contributed by atoms with Gasteiger partial charge in [-0.05, 0) is 37.3 Å².